The van der Waals surface area contributed by atoms with Gasteiger partial charge in [0.25, 0.3) is 0 Å². The summed E-state index contributed by atoms with van der Waals surface area (Å²) in [6, 6.07) is 0. The van der Waals surface area contributed by atoms with Gasteiger partial charge in [0.1, 0.15) is 11.6 Å². The minimum atomic E-state index is -0.0764. The summed E-state index contributed by atoms with van der Waals surface area (Å²) < 4.78 is 0. The summed E-state index contributed by atoms with van der Waals surface area (Å²) in [6.07, 6.45) is 0.396. The Bertz CT molecular complexity index is 159. The first-order valence-electron chi connectivity index (χ1n) is 3.95. The van der Waals surface area contributed by atoms with Gasteiger partial charge >= 0.3 is 0 Å². The summed E-state index contributed by atoms with van der Waals surface area (Å²) in [5.74, 6) is 0.415. The summed E-state index contributed by atoms with van der Waals surface area (Å²) in [7, 11) is 0. The Hall–Kier alpha value is -0.660. The van der Waals surface area contributed by atoms with Crippen LogP contribution in [-0.2, 0) is 9.59 Å². The lowest BCUT2D eigenvalue weighted by Crippen LogP contribution is -2.20. The van der Waals surface area contributed by atoms with Crippen LogP contribution < -0.4 is 0 Å². The van der Waals surface area contributed by atoms with E-state index in [4.69, 9.17) is 0 Å². The van der Waals surface area contributed by atoms with Crippen LogP contribution in [0.15, 0.2) is 0 Å². The molecule has 0 saturated carbocycles. The molecule has 0 amide bonds. The lowest BCUT2D eigenvalue weighted by Gasteiger charge is -2.15. The SMILES string of the molecule is CC(=O)C[C@H](C(C)=O)C(C)C. The number of hydrogen-bond donors (Lipinski definition) is 0. The van der Waals surface area contributed by atoms with E-state index in [0.717, 1.165) is 0 Å². The fourth-order valence-electron chi connectivity index (χ4n) is 1.16. The average molecular weight is 156 g/mol. The molecule has 11 heavy (non-hydrogen) atoms. The smallest absolute Gasteiger partial charge is 0.133 e. The molecular weight excluding hydrogens is 140 g/mol. The average Bonchev–Trinajstić information content (AvgIpc) is 1.81. The van der Waals surface area contributed by atoms with E-state index in [2.05, 4.69) is 0 Å². The van der Waals surface area contributed by atoms with E-state index in [-0.39, 0.29) is 23.4 Å². The Balaban J connectivity index is 4.12. The van der Waals surface area contributed by atoms with E-state index in [0.29, 0.717) is 6.42 Å². The molecule has 64 valence electrons. The second-order valence-electron chi connectivity index (χ2n) is 3.37. The van der Waals surface area contributed by atoms with Gasteiger partial charge in [-0.2, -0.15) is 0 Å². The number of Topliss-reactive ketones (excluding diaryl/α,β-unsaturated/α-hetero) is 2. The molecule has 0 heterocycles. The van der Waals surface area contributed by atoms with Gasteiger partial charge in [0.15, 0.2) is 0 Å². The Kier molecular flexibility index (Phi) is 4.01. The maximum Gasteiger partial charge on any atom is 0.133 e. The molecular formula is C9H16O2. The van der Waals surface area contributed by atoms with Crippen molar-refractivity contribution in [3.05, 3.63) is 0 Å². The third kappa shape index (κ3) is 3.91. The van der Waals surface area contributed by atoms with Crippen molar-refractivity contribution in [1.82, 2.24) is 0 Å². The van der Waals surface area contributed by atoms with Crippen molar-refractivity contribution in [2.24, 2.45) is 11.8 Å². The molecule has 0 bridgehead atoms. The van der Waals surface area contributed by atoms with Gasteiger partial charge in [-0.15, -0.1) is 0 Å². The third-order valence-corrected chi connectivity index (χ3v) is 1.83. The van der Waals surface area contributed by atoms with E-state index in [1.165, 1.54) is 6.92 Å². The van der Waals surface area contributed by atoms with Crippen LogP contribution in [-0.4, -0.2) is 11.6 Å². The molecule has 0 aromatic rings. The van der Waals surface area contributed by atoms with Crippen molar-refractivity contribution >= 4 is 11.6 Å². The van der Waals surface area contributed by atoms with E-state index in [1.54, 1.807) is 6.92 Å². The van der Waals surface area contributed by atoms with Crippen LogP contribution in [0.4, 0.5) is 0 Å². The van der Waals surface area contributed by atoms with Gasteiger partial charge in [-0.05, 0) is 19.8 Å². The van der Waals surface area contributed by atoms with E-state index < -0.39 is 0 Å². The summed E-state index contributed by atoms with van der Waals surface area (Å²) >= 11 is 0. The van der Waals surface area contributed by atoms with E-state index in [1.807, 2.05) is 13.8 Å². The minimum Gasteiger partial charge on any atom is -0.300 e. The molecule has 0 unspecified atom stereocenters. The van der Waals surface area contributed by atoms with E-state index >= 15 is 0 Å². The van der Waals surface area contributed by atoms with Crippen LogP contribution in [0.5, 0.6) is 0 Å². The predicted molar refractivity (Wildman–Crippen MR) is 44.3 cm³/mol. The maximum atomic E-state index is 11.0. The number of carbonyl (C=O) groups is 2. The van der Waals surface area contributed by atoms with Crippen LogP contribution >= 0.6 is 0 Å². The summed E-state index contributed by atoms with van der Waals surface area (Å²) in [6.45, 7) is 7.01. The molecule has 0 radical (unpaired) electrons. The minimum absolute atomic E-state index is 0.0764. The number of hydrogen-bond acceptors (Lipinski definition) is 2. The Morgan fingerprint density at radius 3 is 1.73 bits per heavy atom. The molecule has 2 heteroatoms. The van der Waals surface area contributed by atoms with Gasteiger partial charge in [0, 0.05) is 12.3 Å². The maximum absolute atomic E-state index is 11.0. The molecule has 0 aliphatic heterocycles. The van der Waals surface area contributed by atoms with Crippen LogP contribution in [0, 0.1) is 11.8 Å². The normalized spacial score (nSPS) is 13.2. The molecule has 1 atom stereocenters. The first kappa shape index (κ1) is 10.3. The molecule has 0 rings (SSSR count). The highest BCUT2D eigenvalue weighted by molar-refractivity contribution is 5.85. The van der Waals surface area contributed by atoms with Crippen LogP contribution in [0.2, 0.25) is 0 Å². The highest BCUT2D eigenvalue weighted by Crippen LogP contribution is 2.16. The number of ketones is 2. The zero-order chi connectivity index (χ0) is 9.02. The predicted octanol–water partition coefficient (Wildman–Crippen LogP) is 1.83. The molecule has 0 aliphatic carbocycles. The standard InChI is InChI=1S/C9H16O2/c1-6(2)9(8(4)11)5-7(3)10/h6,9H,5H2,1-4H3/t9-/m0/s1. The topological polar surface area (TPSA) is 34.1 Å². The van der Waals surface area contributed by atoms with Crippen molar-refractivity contribution in [2.45, 2.75) is 34.1 Å². The largest absolute Gasteiger partial charge is 0.300 e. The molecule has 0 N–H and O–H groups in total. The summed E-state index contributed by atoms with van der Waals surface area (Å²) in [5, 5.41) is 0. The zero-order valence-electron chi connectivity index (χ0n) is 7.68. The monoisotopic (exact) mass is 156 g/mol. The van der Waals surface area contributed by atoms with Gasteiger partial charge in [0.2, 0.25) is 0 Å². The Labute approximate surface area is 68.0 Å². The molecule has 0 aromatic heterocycles. The van der Waals surface area contributed by atoms with Crippen LogP contribution in [0.1, 0.15) is 34.1 Å². The van der Waals surface area contributed by atoms with Gasteiger partial charge in [-0.1, -0.05) is 13.8 Å². The second-order valence-corrected chi connectivity index (χ2v) is 3.37. The van der Waals surface area contributed by atoms with Crippen molar-refractivity contribution in [2.75, 3.05) is 0 Å². The lowest BCUT2D eigenvalue weighted by atomic mass is 9.88. The molecule has 2 nitrogen and oxygen atoms in total. The fraction of sp³-hybridized carbons (Fsp3) is 0.778. The number of rotatable bonds is 4. The summed E-state index contributed by atoms with van der Waals surface area (Å²) in [4.78, 5) is 21.7. The molecule has 0 saturated heterocycles. The first-order valence-corrected chi connectivity index (χ1v) is 3.95. The Morgan fingerprint density at radius 1 is 1.18 bits per heavy atom. The van der Waals surface area contributed by atoms with Gasteiger partial charge in [-0.3, -0.25) is 4.79 Å². The summed E-state index contributed by atoms with van der Waals surface area (Å²) in [5.41, 5.74) is 0. The van der Waals surface area contributed by atoms with Crippen molar-refractivity contribution in [3.8, 4) is 0 Å². The second kappa shape index (κ2) is 4.27. The van der Waals surface area contributed by atoms with Crippen LogP contribution in [0.25, 0.3) is 0 Å². The zero-order valence-corrected chi connectivity index (χ0v) is 7.68. The quantitative estimate of drug-likeness (QED) is 0.622. The lowest BCUT2D eigenvalue weighted by molar-refractivity contribution is -0.127. The van der Waals surface area contributed by atoms with Gasteiger partial charge in [-0.25, -0.2) is 0 Å². The molecule has 0 aliphatic rings. The van der Waals surface area contributed by atoms with Crippen molar-refractivity contribution < 1.29 is 9.59 Å². The molecule has 0 spiro atoms. The third-order valence-electron chi connectivity index (χ3n) is 1.83. The van der Waals surface area contributed by atoms with Crippen molar-refractivity contribution in [3.63, 3.8) is 0 Å². The highest BCUT2D eigenvalue weighted by Gasteiger charge is 2.19. The van der Waals surface area contributed by atoms with E-state index in [9.17, 15) is 9.59 Å². The molecule has 0 fully saturated rings. The molecule has 0 aromatic carbocycles. The number of carbonyl (C=O) groups excluding carboxylic acids is 2. The van der Waals surface area contributed by atoms with Crippen LogP contribution in [0.3, 0.4) is 0 Å². The Morgan fingerprint density at radius 2 is 1.64 bits per heavy atom. The first-order chi connectivity index (χ1) is 4.95. The highest BCUT2D eigenvalue weighted by atomic mass is 16.1. The van der Waals surface area contributed by atoms with Crippen molar-refractivity contribution in [1.29, 1.82) is 0 Å². The fourth-order valence-corrected chi connectivity index (χ4v) is 1.16. The van der Waals surface area contributed by atoms with Gasteiger partial charge in [0.05, 0.1) is 0 Å². The van der Waals surface area contributed by atoms with Gasteiger partial charge < -0.3 is 4.79 Å².